The molecule has 17 heavy (non-hydrogen) atoms. The third-order valence-corrected chi connectivity index (χ3v) is 3.42. The summed E-state index contributed by atoms with van der Waals surface area (Å²) in [5, 5.41) is 3.20. The summed E-state index contributed by atoms with van der Waals surface area (Å²) < 4.78 is 0. The minimum Gasteiger partial charge on any atom is -0.320 e. The smallest absolute Gasteiger partial charge is 0.00519 e. The maximum absolute atomic E-state index is 3.20. The predicted octanol–water partition coefficient (Wildman–Crippen LogP) is 3.74. The Balaban J connectivity index is 2.43. The first-order valence-corrected chi connectivity index (χ1v) is 7.07. The lowest BCUT2D eigenvalue weighted by Crippen LogP contribution is -2.07. The monoisotopic (exact) mass is 233 g/mol. The molecule has 0 atom stereocenters. The molecule has 0 aliphatic heterocycles. The summed E-state index contributed by atoms with van der Waals surface area (Å²) in [6.45, 7) is 5.64. The van der Waals surface area contributed by atoms with Crippen LogP contribution < -0.4 is 5.32 Å². The molecule has 0 aliphatic rings. The van der Waals surface area contributed by atoms with E-state index in [9.17, 15) is 0 Å². The molecule has 1 rings (SSSR count). The van der Waals surface area contributed by atoms with Crippen molar-refractivity contribution in [2.45, 2.75) is 52.4 Å². The molecule has 0 heterocycles. The van der Waals surface area contributed by atoms with Crippen LogP contribution in [-0.2, 0) is 19.3 Å². The zero-order valence-electron chi connectivity index (χ0n) is 11.7. The van der Waals surface area contributed by atoms with E-state index in [1.54, 1.807) is 5.56 Å². The van der Waals surface area contributed by atoms with E-state index in [-0.39, 0.29) is 0 Å². The Labute approximate surface area is 107 Å². The second-order valence-electron chi connectivity index (χ2n) is 4.72. The predicted molar refractivity (Wildman–Crippen MR) is 76.7 cm³/mol. The van der Waals surface area contributed by atoms with Gasteiger partial charge in [-0.05, 0) is 62.4 Å². The molecule has 96 valence electrons. The summed E-state index contributed by atoms with van der Waals surface area (Å²) in [7, 11) is 2.02. The average Bonchev–Trinajstić information content (AvgIpc) is 2.38. The van der Waals surface area contributed by atoms with Gasteiger partial charge in [0.2, 0.25) is 0 Å². The van der Waals surface area contributed by atoms with Gasteiger partial charge in [0.1, 0.15) is 0 Å². The van der Waals surface area contributed by atoms with Crippen LogP contribution in [0.25, 0.3) is 0 Å². The molecule has 0 saturated heterocycles. The van der Waals surface area contributed by atoms with E-state index in [2.05, 4.69) is 37.4 Å². The molecule has 1 nitrogen and oxygen atoms in total. The molecule has 1 N–H and O–H groups in total. The molecule has 1 aromatic rings. The number of hydrogen-bond donors (Lipinski definition) is 1. The summed E-state index contributed by atoms with van der Waals surface area (Å²) in [5.74, 6) is 0. The highest BCUT2D eigenvalue weighted by Crippen LogP contribution is 2.15. The van der Waals surface area contributed by atoms with Crippen LogP contribution in [0.2, 0.25) is 0 Å². The van der Waals surface area contributed by atoms with Crippen molar-refractivity contribution >= 4 is 0 Å². The van der Waals surface area contributed by atoms with Crippen molar-refractivity contribution < 1.29 is 0 Å². The normalized spacial score (nSPS) is 10.8. The zero-order valence-corrected chi connectivity index (χ0v) is 11.7. The first-order valence-electron chi connectivity index (χ1n) is 7.07. The second-order valence-corrected chi connectivity index (χ2v) is 4.72. The Morgan fingerprint density at radius 3 is 2.35 bits per heavy atom. The van der Waals surface area contributed by atoms with Gasteiger partial charge in [0.15, 0.2) is 0 Å². The summed E-state index contributed by atoms with van der Waals surface area (Å²) >= 11 is 0. The summed E-state index contributed by atoms with van der Waals surface area (Å²) in [5.41, 5.74) is 4.58. The maximum atomic E-state index is 3.20. The molecule has 0 aliphatic carbocycles. The fraction of sp³-hybridized carbons (Fsp3) is 0.625. The van der Waals surface area contributed by atoms with Crippen molar-refractivity contribution in [3.05, 3.63) is 34.9 Å². The molecule has 0 saturated carbocycles. The van der Waals surface area contributed by atoms with Crippen LogP contribution >= 0.6 is 0 Å². The van der Waals surface area contributed by atoms with Gasteiger partial charge in [0.25, 0.3) is 0 Å². The van der Waals surface area contributed by atoms with E-state index < -0.39 is 0 Å². The number of unbranched alkanes of at least 4 members (excludes halogenated alkanes) is 2. The highest BCUT2D eigenvalue weighted by molar-refractivity contribution is 5.32. The first-order chi connectivity index (χ1) is 8.31. The van der Waals surface area contributed by atoms with Crippen LogP contribution in [0, 0.1) is 0 Å². The Morgan fingerprint density at radius 1 is 0.941 bits per heavy atom. The molecular weight excluding hydrogens is 206 g/mol. The van der Waals surface area contributed by atoms with Crippen LogP contribution in [0.3, 0.4) is 0 Å². The molecule has 0 spiro atoms. The Kier molecular flexibility index (Phi) is 6.95. The average molecular weight is 233 g/mol. The number of rotatable bonds is 8. The molecule has 0 aromatic heterocycles. The van der Waals surface area contributed by atoms with Gasteiger partial charge < -0.3 is 5.32 Å². The standard InChI is InChI=1S/C16H27N/c1-4-15-11-10-14(13-16(15)5-2)9-7-6-8-12-17-3/h10-11,13,17H,4-9,12H2,1-3H3. The van der Waals surface area contributed by atoms with Crippen molar-refractivity contribution in [3.63, 3.8) is 0 Å². The van der Waals surface area contributed by atoms with E-state index in [1.807, 2.05) is 7.05 Å². The van der Waals surface area contributed by atoms with Gasteiger partial charge in [0, 0.05) is 0 Å². The maximum Gasteiger partial charge on any atom is -0.00519 e. The highest BCUT2D eigenvalue weighted by atomic mass is 14.8. The lowest BCUT2D eigenvalue weighted by Gasteiger charge is -2.09. The van der Waals surface area contributed by atoms with Crippen LogP contribution in [0.5, 0.6) is 0 Å². The van der Waals surface area contributed by atoms with E-state index in [0.29, 0.717) is 0 Å². The largest absolute Gasteiger partial charge is 0.320 e. The van der Waals surface area contributed by atoms with Gasteiger partial charge >= 0.3 is 0 Å². The number of hydrogen-bond acceptors (Lipinski definition) is 1. The van der Waals surface area contributed by atoms with E-state index in [4.69, 9.17) is 0 Å². The van der Waals surface area contributed by atoms with E-state index in [0.717, 1.165) is 19.4 Å². The van der Waals surface area contributed by atoms with Gasteiger partial charge in [0.05, 0.1) is 0 Å². The molecule has 1 aromatic carbocycles. The van der Waals surface area contributed by atoms with Crippen LogP contribution in [0.4, 0.5) is 0 Å². The summed E-state index contributed by atoms with van der Waals surface area (Å²) in [6, 6.07) is 7.05. The quantitative estimate of drug-likeness (QED) is 0.674. The van der Waals surface area contributed by atoms with Gasteiger partial charge in [-0.1, -0.05) is 38.5 Å². The van der Waals surface area contributed by atoms with Gasteiger partial charge in [-0.15, -0.1) is 0 Å². The second kappa shape index (κ2) is 8.30. The topological polar surface area (TPSA) is 12.0 Å². The first kappa shape index (κ1) is 14.2. The zero-order chi connectivity index (χ0) is 12.5. The Morgan fingerprint density at radius 2 is 1.71 bits per heavy atom. The van der Waals surface area contributed by atoms with Crippen LogP contribution in [-0.4, -0.2) is 13.6 Å². The SMILES string of the molecule is CCc1ccc(CCCCCNC)cc1CC. The fourth-order valence-electron chi connectivity index (χ4n) is 2.32. The van der Waals surface area contributed by atoms with Crippen molar-refractivity contribution in [1.29, 1.82) is 0 Å². The van der Waals surface area contributed by atoms with Crippen LogP contribution in [0.1, 0.15) is 49.8 Å². The summed E-state index contributed by atoms with van der Waals surface area (Å²) in [6.07, 6.45) is 7.50. The van der Waals surface area contributed by atoms with Crippen LogP contribution in [0.15, 0.2) is 18.2 Å². The third-order valence-electron chi connectivity index (χ3n) is 3.42. The molecule has 0 radical (unpaired) electrons. The lowest BCUT2D eigenvalue weighted by atomic mass is 9.97. The van der Waals surface area contributed by atoms with Crippen molar-refractivity contribution in [2.24, 2.45) is 0 Å². The number of benzene rings is 1. The number of aryl methyl sites for hydroxylation is 3. The van der Waals surface area contributed by atoms with Crippen molar-refractivity contribution in [2.75, 3.05) is 13.6 Å². The van der Waals surface area contributed by atoms with Gasteiger partial charge in [-0.2, -0.15) is 0 Å². The van der Waals surface area contributed by atoms with Crippen molar-refractivity contribution in [1.82, 2.24) is 5.32 Å². The van der Waals surface area contributed by atoms with E-state index in [1.165, 1.54) is 36.8 Å². The minimum absolute atomic E-state index is 1.15. The molecule has 1 heteroatoms. The molecular formula is C16H27N. The van der Waals surface area contributed by atoms with Gasteiger partial charge in [-0.25, -0.2) is 0 Å². The minimum atomic E-state index is 1.15. The van der Waals surface area contributed by atoms with E-state index >= 15 is 0 Å². The van der Waals surface area contributed by atoms with Gasteiger partial charge in [-0.3, -0.25) is 0 Å². The Bertz CT molecular complexity index is 317. The van der Waals surface area contributed by atoms with Crippen molar-refractivity contribution in [3.8, 4) is 0 Å². The Hall–Kier alpha value is -0.820. The summed E-state index contributed by atoms with van der Waals surface area (Å²) in [4.78, 5) is 0. The third kappa shape index (κ3) is 4.91. The molecule has 0 amide bonds. The number of nitrogens with one attached hydrogen (secondary N) is 1. The molecule has 0 unspecified atom stereocenters. The fourth-order valence-corrected chi connectivity index (χ4v) is 2.32. The molecule has 0 bridgehead atoms. The highest BCUT2D eigenvalue weighted by Gasteiger charge is 2.01. The lowest BCUT2D eigenvalue weighted by molar-refractivity contribution is 0.642. The molecule has 0 fully saturated rings.